The smallest absolute Gasteiger partial charge is 0.413 e. The van der Waals surface area contributed by atoms with Crippen LogP contribution in [0.15, 0.2) is 240 Å². The van der Waals surface area contributed by atoms with Crippen LogP contribution in [0.2, 0.25) is 36.3 Å². The Morgan fingerprint density at radius 3 is 1.35 bits per heavy atom. The van der Waals surface area contributed by atoms with E-state index >= 15 is 32.3 Å². The molecule has 7 rings (SSSR count). The number of unbranched alkanes of at least 4 members (excludes halogenated alkanes) is 1. The first-order valence-electron chi connectivity index (χ1n) is 34.3. The van der Waals surface area contributed by atoms with Crippen molar-refractivity contribution in [1.29, 1.82) is 0 Å². The van der Waals surface area contributed by atoms with Crippen LogP contribution in [0.1, 0.15) is 134 Å². The van der Waals surface area contributed by atoms with Gasteiger partial charge in [-0.3, -0.25) is 19.2 Å². The molecule has 0 fully saturated rings. The van der Waals surface area contributed by atoms with Gasteiger partial charge >= 0.3 is 12.1 Å². The van der Waals surface area contributed by atoms with Gasteiger partial charge in [-0.25, -0.2) is 0 Å². The number of carboxylic acids is 1. The Hall–Kier alpha value is -7.79. The monoisotopic (exact) mass is 1380 g/mol. The number of aliphatic carboxylic acids is 1. The first-order chi connectivity index (χ1) is 46.4. The number of ketones is 3. The molecule has 5 atom stereocenters. The van der Waals surface area contributed by atoms with Gasteiger partial charge in [0.2, 0.25) is 0 Å². The molecule has 0 heterocycles. The van der Waals surface area contributed by atoms with Gasteiger partial charge in [0.1, 0.15) is 5.41 Å². The summed E-state index contributed by atoms with van der Waals surface area (Å²) in [4.78, 5) is 64.6. The second kappa shape index (κ2) is 35.3. The minimum Gasteiger partial charge on any atom is -0.480 e. The van der Waals surface area contributed by atoms with E-state index in [1.165, 1.54) is 30.4 Å². The van der Waals surface area contributed by atoms with Gasteiger partial charge in [0, 0.05) is 45.5 Å². The molecule has 0 bridgehead atoms. The maximum Gasteiger partial charge on any atom is 0.413 e. The molecule has 0 aliphatic heterocycles. The number of carbonyl (C=O) groups excluding carboxylic acids is 3. The van der Waals surface area contributed by atoms with Gasteiger partial charge in [0.05, 0.1) is 12.2 Å². The number of halogens is 3. The van der Waals surface area contributed by atoms with Crippen molar-refractivity contribution in [1.82, 2.24) is 0 Å². The number of alkyl halides is 3. The quantitative estimate of drug-likeness (QED) is 0.0188. The van der Waals surface area contributed by atoms with Crippen molar-refractivity contribution in [3.05, 3.63) is 273 Å². The highest BCUT2D eigenvalue weighted by Crippen LogP contribution is 2.54. The van der Waals surface area contributed by atoms with E-state index in [2.05, 4.69) is 81.6 Å². The zero-order chi connectivity index (χ0) is 71.3. The Morgan fingerprint density at radius 1 is 0.561 bits per heavy atom. The molecular weight excluding hydrogens is 1280 g/mol. The van der Waals surface area contributed by atoms with Gasteiger partial charge in [0.15, 0.2) is 34.0 Å². The first-order valence-corrected chi connectivity index (χ1v) is 41.1. The molecule has 1 unspecified atom stereocenters. The fourth-order valence-corrected chi connectivity index (χ4v) is 15.8. The second-order valence-electron chi connectivity index (χ2n) is 28.7. The predicted molar refractivity (Wildman–Crippen MR) is 408 cm³/mol. The first kappa shape index (κ1) is 77.6. The summed E-state index contributed by atoms with van der Waals surface area (Å²) in [6, 6.07) is 53.7. The summed E-state index contributed by atoms with van der Waals surface area (Å²) in [5.41, 5.74) is -0.898. The lowest BCUT2D eigenvalue weighted by Crippen LogP contribution is -2.47. The molecule has 6 aromatic rings. The van der Waals surface area contributed by atoms with E-state index in [4.69, 9.17) is 8.85 Å². The summed E-state index contributed by atoms with van der Waals surface area (Å²) >= 11 is 1.06. The molecule has 6 aromatic carbocycles. The van der Waals surface area contributed by atoms with E-state index in [1.807, 2.05) is 84.9 Å². The number of allylic oxidation sites excluding steroid dienone is 4. The molecule has 13 heteroatoms. The normalized spacial score (nSPS) is 17.2. The van der Waals surface area contributed by atoms with Gasteiger partial charge in [-0.15, -0.1) is 11.8 Å². The molecule has 0 amide bonds. The lowest BCUT2D eigenvalue weighted by molar-refractivity contribution is -0.148. The molecule has 1 N–H and O–H groups in total. The molecule has 1 aliphatic carbocycles. The number of benzene rings is 6. The topological polar surface area (TPSA) is 107 Å². The van der Waals surface area contributed by atoms with Crippen LogP contribution in [-0.2, 0) is 28.0 Å². The zero-order valence-electron chi connectivity index (χ0n) is 59.2. The van der Waals surface area contributed by atoms with Gasteiger partial charge in [-0.05, 0) is 137 Å². The Labute approximate surface area is 587 Å². The lowest BCUT2D eigenvalue weighted by Gasteiger charge is -2.41. The number of rotatable bonds is 33. The van der Waals surface area contributed by atoms with Crippen molar-refractivity contribution in [2.24, 2.45) is 23.2 Å². The maximum absolute atomic E-state index is 16.2. The largest absolute Gasteiger partial charge is 0.480 e. The lowest BCUT2D eigenvalue weighted by atomic mass is 9.58. The summed E-state index contributed by atoms with van der Waals surface area (Å²) in [7, 11) is -5.17. The van der Waals surface area contributed by atoms with Gasteiger partial charge in [-0.2, -0.15) is 13.2 Å². The molecule has 0 aromatic heterocycles. The van der Waals surface area contributed by atoms with Crippen LogP contribution >= 0.6 is 11.8 Å². The minimum atomic E-state index is -4.76. The average Bonchev–Trinajstić information content (AvgIpc) is 0.866. The predicted octanol–water partition coefficient (Wildman–Crippen LogP) is 22.7. The van der Waals surface area contributed by atoms with Crippen molar-refractivity contribution in [2.75, 3.05) is 5.75 Å². The summed E-state index contributed by atoms with van der Waals surface area (Å²) in [5.74, 6) is -5.98. The van der Waals surface area contributed by atoms with E-state index < -0.39 is 81.2 Å². The molecular formula is C85H99F3O7SSi2. The summed E-state index contributed by atoms with van der Waals surface area (Å²) in [6.45, 7) is 25.6. The summed E-state index contributed by atoms with van der Waals surface area (Å²) in [5, 5.41) is 12.6. The number of thioether (sulfide) groups is 1. The summed E-state index contributed by atoms with van der Waals surface area (Å²) in [6.07, 6.45) is 14.3. The number of hydrogen-bond donors (Lipinski definition) is 1. The highest BCUT2D eigenvalue weighted by Gasteiger charge is 2.57. The van der Waals surface area contributed by atoms with Gasteiger partial charge in [0.25, 0.3) is 0 Å². The molecule has 0 radical (unpaired) electrons. The molecule has 1 aliphatic rings. The number of carboxylic acid groups (broad SMARTS) is 1. The van der Waals surface area contributed by atoms with Crippen molar-refractivity contribution in [3.63, 3.8) is 0 Å². The van der Waals surface area contributed by atoms with Crippen LogP contribution in [0.25, 0.3) is 36.5 Å². The van der Waals surface area contributed by atoms with Crippen molar-refractivity contribution < 1.29 is 46.3 Å². The third-order valence-electron chi connectivity index (χ3n) is 19.3. The van der Waals surface area contributed by atoms with Crippen molar-refractivity contribution in [3.8, 4) is 0 Å². The highest BCUT2D eigenvalue weighted by atomic mass is 32.2. The molecule has 0 spiro atoms. The molecule has 516 valence electrons. The van der Waals surface area contributed by atoms with Gasteiger partial charge < -0.3 is 14.0 Å². The Morgan fingerprint density at radius 2 is 0.959 bits per heavy atom. The Kier molecular flexibility index (Phi) is 27.9. The van der Waals surface area contributed by atoms with E-state index in [0.717, 1.165) is 31.0 Å². The van der Waals surface area contributed by atoms with Gasteiger partial charge in [-0.1, -0.05) is 287 Å². The standard InChI is InChI=1S/C85H99F3O7SSi2/c1-13-14-34-62(2)57-69(94-97(9,10)82(3,4)5)51-52-70-79(95-98(11,12)83(6,7)8)61-75(85(86,87)88)80(70)96-56-33-47-72(71(58-66-41-27-18-28-42-66)76(89)53-48-63-35-21-15-22-36-63)84(81(92)93,73(59-67-43-29-19-30-44-67)77(90)54-49-64-37-23-16-24-38-64)74(60-68-45-31-20-32-46-68)78(91)55-50-65-39-25-17-26-40-65/h15-32,35-46,48-55,58-60,62,69-70,72,79H,13-14,33-34,47,56-57,61H2,1-12H3,(H,92,93)/b52-51+,53-48?,54-49?,55-50?,71-58?,73-59?,74-60?/t62-,69-,70+,72?,79-,84?/m1/s1. The van der Waals surface area contributed by atoms with Crippen LogP contribution in [0.5, 0.6) is 0 Å². The van der Waals surface area contributed by atoms with Crippen LogP contribution < -0.4 is 0 Å². The van der Waals surface area contributed by atoms with E-state index in [9.17, 15) is 5.11 Å². The maximum atomic E-state index is 16.2. The van der Waals surface area contributed by atoms with Crippen molar-refractivity contribution in [2.45, 2.75) is 155 Å². The van der Waals surface area contributed by atoms with Crippen molar-refractivity contribution >= 4 is 88.2 Å². The molecule has 7 nitrogen and oxygen atoms in total. The zero-order valence-corrected chi connectivity index (χ0v) is 62.0. The molecule has 0 saturated heterocycles. The third-order valence-corrected chi connectivity index (χ3v) is 29.6. The molecule has 98 heavy (non-hydrogen) atoms. The Balaban J connectivity index is 1.54. The Bertz CT molecular complexity index is 3740. The van der Waals surface area contributed by atoms with Crippen LogP contribution in [0.4, 0.5) is 13.2 Å². The SMILES string of the molecule is CCCC[C@@H](C)C[C@@H](/C=C/[C@@H]1C(SCCCC(C(=Cc2ccccc2)C(=O)C=Cc2ccccc2)C(C(=O)O)(C(=Cc2ccccc2)C(=O)C=Cc2ccccc2)C(=Cc2ccccc2)C(=O)C=Cc2ccccc2)=C(C(F)(F)F)C[C@H]1O[Si](C)(C)C(C)(C)C)O[Si](C)(C)C(C)(C)C. The fourth-order valence-electron chi connectivity index (χ4n) is 11.9. The number of hydrogen-bond acceptors (Lipinski definition) is 7. The van der Waals surface area contributed by atoms with Crippen LogP contribution in [0.3, 0.4) is 0 Å². The minimum absolute atomic E-state index is 0.0119. The van der Waals surface area contributed by atoms with E-state index in [-0.39, 0.29) is 62.6 Å². The number of carbonyl (C=O) groups is 4. The fraction of sp³-hybridized carbons (Fsp3) is 0.341. The second-order valence-corrected chi connectivity index (χ2v) is 39.4. The molecule has 0 saturated carbocycles. The van der Waals surface area contributed by atoms with E-state index in [0.29, 0.717) is 39.8 Å². The van der Waals surface area contributed by atoms with Crippen LogP contribution in [-0.4, -0.2) is 69.2 Å². The third kappa shape index (κ3) is 21.4. The average molecular weight is 1380 g/mol. The van der Waals surface area contributed by atoms with Crippen LogP contribution in [0, 0.1) is 23.2 Å². The van der Waals surface area contributed by atoms with E-state index in [1.54, 1.807) is 133 Å². The summed E-state index contributed by atoms with van der Waals surface area (Å²) < 4.78 is 62.9. The highest BCUT2D eigenvalue weighted by molar-refractivity contribution is 8.03.